The highest BCUT2D eigenvalue weighted by molar-refractivity contribution is 8.15. The molecule has 2 aliphatic rings. The lowest BCUT2D eigenvalue weighted by atomic mass is 9.91. The van der Waals surface area contributed by atoms with Crippen molar-refractivity contribution >= 4 is 46.0 Å². The van der Waals surface area contributed by atoms with Crippen LogP contribution < -0.4 is 10.2 Å². The quantitative estimate of drug-likeness (QED) is 0.753. The normalized spacial score (nSPS) is 24.8. The standard InChI is InChI=1S/C18H14ClN3O3S/c19-11-6-7-13-12(8-11)18(25,14-15(23)21-17(20)26-14)16(24)22(13)9-10-4-2-1-3-5-10/h1-8,14,25H,9H2,(H2,20,21,23). The molecule has 0 aromatic heterocycles. The molecule has 8 heteroatoms. The van der Waals surface area contributed by atoms with Crippen molar-refractivity contribution in [2.75, 3.05) is 4.90 Å². The third-order valence-electron chi connectivity index (χ3n) is 4.50. The molecular weight excluding hydrogens is 374 g/mol. The summed E-state index contributed by atoms with van der Waals surface area (Å²) in [7, 11) is 0. The number of hydrogen-bond acceptors (Lipinski definition) is 5. The van der Waals surface area contributed by atoms with E-state index in [1.54, 1.807) is 12.1 Å². The smallest absolute Gasteiger partial charge is 0.265 e. The average molecular weight is 388 g/mol. The zero-order valence-electron chi connectivity index (χ0n) is 13.4. The highest BCUT2D eigenvalue weighted by Crippen LogP contribution is 2.48. The van der Waals surface area contributed by atoms with Crippen molar-refractivity contribution in [3.05, 3.63) is 64.7 Å². The monoisotopic (exact) mass is 387 g/mol. The zero-order chi connectivity index (χ0) is 18.5. The number of hydrogen-bond donors (Lipinski definition) is 3. The topological polar surface area (TPSA) is 93.5 Å². The number of anilines is 1. The number of aliphatic hydroxyl groups is 1. The van der Waals surface area contributed by atoms with Gasteiger partial charge < -0.3 is 15.3 Å². The van der Waals surface area contributed by atoms with Gasteiger partial charge in [-0.3, -0.25) is 15.0 Å². The Hall–Kier alpha value is -2.35. The highest BCUT2D eigenvalue weighted by Gasteiger charge is 2.59. The molecule has 0 bridgehead atoms. The molecule has 3 N–H and O–H groups in total. The molecule has 6 nitrogen and oxygen atoms in total. The number of nitrogens with one attached hydrogen (secondary N) is 2. The minimum Gasteiger partial charge on any atom is -0.374 e. The Morgan fingerprint density at radius 3 is 2.62 bits per heavy atom. The number of thioether (sulfide) groups is 1. The summed E-state index contributed by atoms with van der Waals surface area (Å²) in [6.07, 6.45) is 0. The van der Waals surface area contributed by atoms with Crippen LogP contribution in [-0.4, -0.2) is 27.3 Å². The van der Waals surface area contributed by atoms with Gasteiger partial charge in [0, 0.05) is 10.6 Å². The third kappa shape index (κ3) is 2.51. The molecule has 2 atom stereocenters. The fraction of sp³-hybridized carbons (Fsp3) is 0.167. The molecule has 2 aromatic carbocycles. The van der Waals surface area contributed by atoms with Crippen molar-refractivity contribution in [2.24, 2.45) is 0 Å². The number of rotatable bonds is 3. The second-order valence-corrected chi connectivity index (χ2v) is 7.67. The Balaban J connectivity index is 1.82. The summed E-state index contributed by atoms with van der Waals surface area (Å²) in [5.74, 6) is -1.16. The summed E-state index contributed by atoms with van der Waals surface area (Å²) in [6.45, 7) is 0.257. The fourth-order valence-corrected chi connectivity index (χ4v) is 4.44. The first-order chi connectivity index (χ1) is 12.4. The summed E-state index contributed by atoms with van der Waals surface area (Å²) < 4.78 is 0. The van der Waals surface area contributed by atoms with Gasteiger partial charge in [-0.05, 0) is 23.8 Å². The zero-order valence-corrected chi connectivity index (χ0v) is 15.0. The molecule has 0 spiro atoms. The van der Waals surface area contributed by atoms with Crippen molar-refractivity contribution in [2.45, 2.75) is 17.4 Å². The van der Waals surface area contributed by atoms with Gasteiger partial charge in [-0.1, -0.05) is 53.7 Å². The van der Waals surface area contributed by atoms with Crippen LogP contribution in [0.3, 0.4) is 0 Å². The van der Waals surface area contributed by atoms with Crippen LogP contribution in [0.25, 0.3) is 0 Å². The summed E-state index contributed by atoms with van der Waals surface area (Å²) in [6, 6.07) is 14.2. The second kappa shape index (κ2) is 6.12. The van der Waals surface area contributed by atoms with E-state index in [1.165, 1.54) is 11.0 Å². The molecule has 1 fully saturated rings. The molecule has 2 amide bonds. The lowest BCUT2D eigenvalue weighted by Crippen LogP contribution is -2.50. The van der Waals surface area contributed by atoms with Crippen molar-refractivity contribution in [1.82, 2.24) is 5.32 Å². The van der Waals surface area contributed by atoms with Crippen LogP contribution in [0.2, 0.25) is 5.02 Å². The van der Waals surface area contributed by atoms with Crippen LogP contribution in [0.1, 0.15) is 11.1 Å². The van der Waals surface area contributed by atoms with Crippen molar-refractivity contribution in [3.8, 4) is 0 Å². The highest BCUT2D eigenvalue weighted by atomic mass is 35.5. The van der Waals surface area contributed by atoms with Gasteiger partial charge >= 0.3 is 0 Å². The minimum atomic E-state index is -2.08. The molecule has 132 valence electrons. The predicted molar refractivity (Wildman–Crippen MR) is 100 cm³/mol. The first-order valence-electron chi connectivity index (χ1n) is 7.85. The molecule has 0 aliphatic carbocycles. The number of carbonyl (C=O) groups excluding carboxylic acids is 2. The number of amides is 2. The molecule has 0 saturated carbocycles. The van der Waals surface area contributed by atoms with Gasteiger partial charge in [0.1, 0.15) is 5.25 Å². The second-order valence-electron chi connectivity index (χ2n) is 6.12. The van der Waals surface area contributed by atoms with Gasteiger partial charge in [-0.2, -0.15) is 0 Å². The van der Waals surface area contributed by atoms with Crippen LogP contribution in [-0.2, 0) is 21.7 Å². The van der Waals surface area contributed by atoms with E-state index >= 15 is 0 Å². The Kier molecular flexibility index (Phi) is 4.02. The lowest BCUT2D eigenvalue weighted by Gasteiger charge is -2.26. The number of amidine groups is 1. The summed E-state index contributed by atoms with van der Waals surface area (Å²) in [4.78, 5) is 26.9. The van der Waals surface area contributed by atoms with E-state index in [0.29, 0.717) is 10.7 Å². The molecule has 0 radical (unpaired) electrons. The molecule has 4 rings (SSSR count). The molecular formula is C18H14ClN3O3S. The maximum absolute atomic E-state index is 13.2. The molecule has 1 saturated heterocycles. The fourth-order valence-electron chi connectivity index (χ4n) is 3.31. The van der Waals surface area contributed by atoms with Gasteiger partial charge in [0.25, 0.3) is 5.91 Å². The van der Waals surface area contributed by atoms with E-state index in [2.05, 4.69) is 5.32 Å². The van der Waals surface area contributed by atoms with Crippen LogP contribution in [0.4, 0.5) is 5.69 Å². The number of benzene rings is 2. The molecule has 2 unspecified atom stereocenters. The first-order valence-corrected chi connectivity index (χ1v) is 9.11. The lowest BCUT2D eigenvalue weighted by molar-refractivity contribution is -0.140. The number of carbonyl (C=O) groups is 2. The van der Waals surface area contributed by atoms with Crippen LogP contribution in [0.5, 0.6) is 0 Å². The molecule has 2 aromatic rings. The first kappa shape index (κ1) is 17.1. The van der Waals surface area contributed by atoms with E-state index in [9.17, 15) is 14.7 Å². The average Bonchev–Trinajstić information content (AvgIpc) is 3.06. The maximum atomic E-state index is 13.2. The maximum Gasteiger partial charge on any atom is 0.265 e. The minimum absolute atomic E-state index is 0.0914. The predicted octanol–water partition coefficient (Wildman–Crippen LogP) is 2.24. The van der Waals surface area contributed by atoms with Gasteiger partial charge in [0.15, 0.2) is 10.8 Å². The SMILES string of the molecule is N=C1NC(=O)C(C2(O)C(=O)N(Cc3ccccc3)c3ccc(Cl)cc32)S1. The van der Waals surface area contributed by atoms with Crippen LogP contribution in [0.15, 0.2) is 48.5 Å². The number of fused-ring (bicyclic) bond motifs is 1. The third-order valence-corrected chi connectivity index (χ3v) is 5.87. The summed E-state index contributed by atoms with van der Waals surface area (Å²) in [5, 5.41) is 20.5. The van der Waals surface area contributed by atoms with E-state index < -0.39 is 22.7 Å². The van der Waals surface area contributed by atoms with Gasteiger partial charge in [0.2, 0.25) is 5.91 Å². The van der Waals surface area contributed by atoms with E-state index in [0.717, 1.165) is 17.3 Å². The Bertz CT molecular complexity index is 937. The van der Waals surface area contributed by atoms with Crippen molar-refractivity contribution < 1.29 is 14.7 Å². The number of halogens is 1. The molecule has 2 heterocycles. The van der Waals surface area contributed by atoms with E-state index in [-0.39, 0.29) is 17.3 Å². The van der Waals surface area contributed by atoms with Gasteiger partial charge in [-0.15, -0.1) is 0 Å². The van der Waals surface area contributed by atoms with Crippen molar-refractivity contribution in [3.63, 3.8) is 0 Å². The van der Waals surface area contributed by atoms with E-state index in [4.69, 9.17) is 17.0 Å². The van der Waals surface area contributed by atoms with Gasteiger partial charge in [-0.25, -0.2) is 0 Å². The summed E-state index contributed by atoms with van der Waals surface area (Å²) >= 11 is 6.92. The van der Waals surface area contributed by atoms with Crippen LogP contribution in [0, 0.1) is 5.41 Å². The largest absolute Gasteiger partial charge is 0.374 e. The molecule has 26 heavy (non-hydrogen) atoms. The number of nitrogens with zero attached hydrogens (tertiary/aromatic N) is 1. The summed E-state index contributed by atoms with van der Waals surface area (Å²) in [5.41, 5.74) is -0.389. The van der Waals surface area contributed by atoms with E-state index in [1.807, 2.05) is 30.3 Å². The molecule has 2 aliphatic heterocycles. The van der Waals surface area contributed by atoms with Crippen molar-refractivity contribution in [1.29, 1.82) is 5.41 Å². The Morgan fingerprint density at radius 2 is 1.96 bits per heavy atom. The van der Waals surface area contributed by atoms with Gasteiger partial charge in [0.05, 0.1) is 12.2 Å². The Morgan fingerprint density at radius 1 is 1.23 bits per heavy atom. The van der Waals surface area contributed by atoms with Crippen LogP contribution >= 0.6 is 23.4 Å². The Labute approximate surface area is 158 Å².